The Morgan fingerprint density at radius 2 is 1.82 bits per heavy atom. The zero-order valence-electron chi connectivity index (χ0n) is 7.98. The molecule has 0 aromatic rings. The molecule has 0 bridgehead atoms. The first-order valence-corrected chi connectivity index (χ1v) is 5.82. The molecule has 4 heteroatoms. The van der Waals surface area contributed by atoms with E-state index in [2.05, 4.69) is 35.6 Å². The Bertz CT molecular complexity index is 76.1. The molecule has 68 valence electrons. The lowest BCUT2D eigenvalue weighted by molar-refractivity contribution is 0.480. The van der Waals surface area contributed by atoms with Crippen LogP contribution < -0.4 is 10.3 Å². The van der Waals surface area contributed by atoms with E-state index in [9.17, 15) is 0 Å². The SMILES string of the molecule is CCNCN[SiH2]N(CC)CC. The van der Waals surface area contributed by atoms with E-state index in [0.29, 0.717) is 0 Å². The highest BCUT2D eigenvalue weighted by molar-refractivity contribution is 6.28. The van der Waals surface area contributed by atoms with Gasteiger partial charge in [-0.1, -0.05) is 20.8 Å². The summed E-state index contributed by atoms with van der Waals surface area (Å²) in [5.41, 5.74) is 0. The van der Waals surface area contributed by atoms with Crippen molar-refractivity contribution in [3.63, 3.8) is 0 Å². The Balaban J connectivity index is 3.07. The van der Waals surface area contributed by atoms with Crippen molar-refractivity contribution in [2.45, 2.75) is 20.8 Å². The van der Waals surface area contributed by atoms with E-state index < -0.39 is 0 Å². The molecule has 0 heterocycles. The van der Waals surface area contributed by atoms with Gasteiger partial charge in [0.2, 0.25) is 0 Å². The molecule has 0 atom stereocenters. The average molecular weight is 175 g/mol. The van der Waals surface area contributed by atoms with Crippen LogP contribution in [0.2, 0.25) is 0 Å². The molecule has 0 spiro atoms. The first kappa shape index (κ1) is 11.1. The van der Waals surface area contributed by atoms with Crippen molar-refractivity contribution >= 4 is 9.84 Å². The lowest BCUT2D eigenvalue weighted by Crippen LogP contribution is -2.42. The first-order valence-electron chi connectivity index (χ1n) is 4.48. The third kappa shape index (κ3) is 6.49. The van der Waals surface area contributed by atoms with Crippen molar-refractivity contribution < 1.29 is 0 Å². The fraction of sp³-hybridized carbons (Fsp3) is 1.00. The second-order valence-corrected chi connectivity index (χ2v) is 4.20. The molecule has 0 fully saturated rings. The molecule has 0 rings (SSSR count). The largest absolute Gasteiger partial charge is 0.318 e. The van der Waals surface area contributed by atoms with Crippen LogP contribution in [0.3, 0.4) is 0 Å². The molecule has 0 aliphatic carbocycles. The van der Waals surface area contributed by atoms with Crippen LogP contribution in [0.5, 0.6) is 0 Å². The van der Waals surface area contributed by atoms with Gasteiger partial charge in [-0.2, -0.15) is 0 Å². The van der Waals surface area contributed by atoms with E-state index in [4.69, 9.17) is 0 Å². The summed E-state index contributed by atoms with van der Waals surface area (Å²) in [6, 6.07) is 0. The molecule has 0 aliphatic rings. The molecular weight excluding hydrogens is 154 g/mol. The minimum Gasteiger partial charge on any atom is -0.318 e. The summed E-state index contributed by atoms with van der Waals surface area (Å²) in [7, 11) is -0.174. The maximum Gasteiger partial charge on any atom is 0.171 e. The third-order valence-corrected chi connectivity index (χ3v) is 3.55. The standard InChI is InChI=1S/C7H21N3Si/c1-4-8-7-9-11-10(5-2)6-3/h8-9H,4-7,11H2,1-3H3. The molecular formula is C7H21N3Si. The van der Waals surface area contributed by atoms with Gasteiger partial charge in [0.25, 0.3) is 0 Å². The summed E-state index contributed by atoms with van der Waals surface area (Å²) in [5, 5.41) is 3.25. The van der Waals surface area contributed by atoms with E-state index in [-0.39, 0.29) is 9.84 Å². The molecule has 0 aliphatic heterocycles. The van der Waals surface area contributed by atoms with Crippen LogP contribution in [0.25, 0.3) is 0 Å². The van der Waals surface area contributed by atoms with E-state index in [1.807, 2.05) is 0 Å². The van der Waals surface area contributed by atoms with Crippen LogP contribution in [0, 0.1) is 0 Å². The molecule has 0 radical (unpaired) electrons. The lowest BCUT2D eigenvalue weighted by Gasteiger charge is -2.17. The molecule has 0 aromatic carbocycles. The van der Waals surface area contributed by atoms with Crippen LogP contribution >= 0.6 is 0 Å². The zero-order chi connectivity index (χ0) is 8.53. The van der Waals surface area contributed by atoms with Gasteiger partial charge in [-0.25, -0.2) is 0 Å². The van der Waals surface area contributed by atoms with E-state index >= 15 is 0 Å². The summed E-state index contributed by atoms with van der Waals surface area (Å²) in [4.78, 5) is 3.44. The normalized spacial score (nSPS) is 12.0. The zero-order valence-corrected chi connectivity index (χ0v) is 9.40. The predicted octanol–water partition coefficient (Wildman–Crippen LogP) is -0.516. The number of nitrogens with zero attached hydrogens (tertiary/aromatic N) is 1. The minimum atomic E-state index is -0.174. The van der Waals surface area contributed by atoms with Crippen LogP contribution in [0.1, 0.15) is 20.8 Å². The van der Waals surface area contributed by atoms with Crippen LogP contribution in [0.15, 0.2) is 0 Å². The van der Waals surface area contributed by atoms with E-state index in [1.165, 1.54) is 13.1 Å². The average Bonchev–Trinajstić information content (AvgIpc) is 2.05. The van der Waals surface area contributed by atoms with E-state index in [0.717, 1.165) is 13.2 Å². The number of hydrogen-bond donors (Lipinski definition) is 2. The maximum absolute atomic E-state index is 3.44. The Hall–Kier alpha value is 0.0969. The molecule has 0 unspecified atom stereocenters. The summed E-state index contributed by atoms with van der Waals surface area (Å²) in [5.74, 6) is 0. The maximum atomic E-state index is 3.44. The third-order valence-electron chi connectivity index (χ3n) is 1.73. The molecule has 0 aromatic heterocycles. The quantitative estimate of drug-likeness (QED) is 0.310. The van der Waals surface area contributed by atoms with Gasteiger partial charge in [-0.3, -0.25) is 0 Å². The van der Waals surface area contributed by atoms with Gasteiger partial charge in [0, 0.05) is 6.67 Å². The first-order chi connectivity index (χ1) is 5.35. The molecule has 11 heavy (non-hydrogen) atoms. The van der Waals surface area contributed by atoms with Crippen molar-refractivity contribution in [1.82, 2.24) is 14.9 Å². The van der Waals surface area contributed by atoms with Gasteiger partial charge in [-0.15, -0.1) is 0 Å². The second-order valence-electron chi connectivity index (χ2n) is 2.49. The highest BCUT2D eigenvalue weighted by Gasteiger charge is 1.96. The lowest BCUT2D eigenvalue weighted by atomic mass is 10.7. The smallest absolute Gasteiger partial charge is 0.171 e. The molecule has 0 amide bonds. The number of nitrogens with one attached hydrogen (secondary N) is 2. The van der Waals surface area contributed by atoms with Gasteiger partial charge in [0.15, 0.2) is 9.84 Å². The Labute approximate surface area is 72.5 Å². The number of hydrogen-bond acceptors (Lipinski definition) is 3. The summed E-state index contributed by atoms with van der Waals surface area (Å²) >= 11 is 0. The fourth-order valence-electron chi connectivity index (χ4n) is 0.875. The Kier molecular flexibility index (Phi) is 8.27. The van der Waals surface area contributed by atoms with Crippen molar-refractivity contribution in [1.29, 1.82) is 0 Å². The van der Waals surface area contributed by atoms with Crippen molar-refractivity contribution in [2.75, 3.05) is 26.3 Å². The van der Waals surface area contributed by atoms with Crippen molar-refractivity contribution in [3.05, 3.63) is 0 Å². The van der Waals surface area contributed by atoms with Gasteiger partial charge < -0.3 is 14.9 Å². The van der Waals surface area contributed by atoms with Crippen LogP contribution in [-0.2, 0) is 0 Å². The number of rotatable bonds is 7. The summed E-state index contributed by atoms with van der Waals surface area (Å²) in [6.07, 6.45) is 0. The molecule has 0 saturated carbocycles. The van der Waals surface area contributed by atoms with Crippen LogP contribution in [-0.4, -0.2) is 40.7 Å². The highest BCUT2D eigenvalue weighted by Crippen LogP contribution is 1.78. The molecule has 0 saturated heterocycles. The van der Waals surface area contributed by atoms with Gasteiger partial charge in [0.1, 0.15) is 0 Å². The van der Waals surface area contributed by atoms with E-state index in [1.54, 1.807) is 0 Å². The van der Waals surface area contributed by atoms with Crippen molar-refractivity contribution in [3.8, 4) is 0 Å². The van der Waals surface area contributed by atoms with Crippen molar-refractivity contribution in [2.24, 2.45) is 0 Å². The molecule has 2 N–H and O–H groups in total. The predicted molar refractivity (Wildman–Crippen MR) is 53.1 cm³/mol. The van der Waals surface area contributed by atoms with Gasteiger partial charge in [0.05, 0.1) is 0 Å². The van der Waals surface area contributed by atoms with Crippen LogP contribution in [0.4, 0.5) is 0 Å². The summed E-state index contributed by atoms with van der Waals surface area (Å²) in [6.45, 7) is 10.9. The Morgan fingerprint density at radius 1 is 1.18 bits per heavy atom. The highest BCUT2D eigenvalue weighted by atomic mass is 28.2. The fourth-order valence-corrected chi connectivity index (χ4v) is 1.93. The monoisotopic (exact) mass is 175 g/mol. The molecule has 3 nitrogen and oxygen atoms in total. The Morgan fingerprint density at radius 3 is 2.27 bits per heavy atom. The minimum absolute atomic E-state index is 0.174. The van der Waals surface area contributed by atoms with Gasteiger partial charge in [-0.05, 0) is 19.6 Å². The van der Waals surface area contributed by atoms with Gasteiger partial charge >= 0.3 is 0 Å². The topological polar surface area (TPSA) is 27.3 Å². The summed E-state index contributed by atoms with van der Waals surface area (Å²) < 4.78 is 2.48. The second kappa shape index (κ2) is 8.20.